The molecule has 0 bridgehead atoms. The molecule has 0 spiro atoms. The number of aromatic hydroxyl groups is 1. The van der Waals surface area contributed by atoms with Crippen LogP contribution in [0.4, 0.5) is 0 Å². The van der Waals surface area contributed by atoms with E-state index in [0.717, 1.165) is 0 Å². The fourth-order valence-electron chi connectivity index (χ4n) is 1.61. The molecule has 0 amide bonds. The lowest BCUT2D eigenvalue weighted by Crippen LogP contribution is -2.25. The highest BCUT2D eigenvalue weighted by Crippen LogP contribution is 2.36. The Hall–Kier alpha value is -1.23. The summed E-state index contributed by atoms with van der Waals surface area (Å²) in [6.45, 7) is 11.9. The smallest absolute Gasteiger partial charge is 0.187 e. The Bertz CT molecular complexity index is 449. The largest absolute Gasteiger partial charge is 0.504 e. The van der Waals surface area contributed by atoms with Crippen LogP contribution in [-0.4, -0.2) is 20.1 Å². The van der Waals surface area contributed by atoms with Crippen molar-refractivity contribution in [2.24, 2.45) is 5.73 Å². The van der Waals surface area contributed by atoms with E-state index in [9.17, 15) is 5.11 Å². The van der Waals surface area contributed by atoms with Gasteiger partial charge >= 0.3 is 0 Å². The SMILES string of the molecule is CC(C)(C)c1nc(C(N)=S)nc(C(C)(C)C)c1O. The summed E-state index contributed by atoms with van der Waals surface area (Å²) in [7, 11) is 0. The molecule has 0 aliphatic heterocycles. The second kappa shape index (κ2) is 4.46. The van der Waals surface area contributed by atoms with Gasteiger partial charge in [0.15, 0.2) is 11.6 Å². The summed E-state index contributed by atoms with van der Waals surface area (Å²) < 4.78 is 0. The molecule has 0 fully saturated rings. The van der Waals surface area contributed by atoms with Crippen LogP contribution >= 0.6 is 12.2 Å². The Balaban J connectivity index is 3.64. The van der Waals surface area contributed by atoms with E-state index in [-0.39, 0.29) is 21.6 Å². The molecule has 1 aromatic rings. The fourth-order valence-corrected chi connectivity index (χ4v) is 1.70. The Morgan fingerprint density at radius 2 is 1.33 bits per heavy atom. The first kappa shape index (κ1) is 14.8. The lowest BCUT2D eigenvalue weighted by molar-refractivity contribution is 0.406. The van der Waals surface area contributed by atoms with Crippen LogP contribution in [0, 0.1) is 0 Å². The third-order valence-corrected chi connectivity index (χ3v) is 2.71. The van der Waals surface area contributed by atoms with Crippen molar-refractivity contribution in [3.8, 4) is 5.75 Å². The first-order chi connectivity index (χ1) is 7.94. The number of nitrogens with two attached hydrogens (primary N) is 1. The molecular weight excluding hydrogens is 246 g/mol. The molecule has 0 radical (unpaired) electrons. The number of nitrogens with zero attached hydrogens (tertiary/aromatic N) is 2. The van der Waals surface area contributed by atoms with Crippen LogP contribution in [0.2, 0.25) is 0 Å². The van der Waals surface area contributed by atoms with E-state index in [0.29, 0.717) is 17.2 Å². The molecule has 1 heterocycles. The molecular formula is C13H21N3OS. The second-order valence-corrected chi connectivity index (χ2v) is 6.90. The summed E-state index contributed by atoms with van der Waals surface area (Å²) in [5, 5.41) is 10.4. The molecule has 5 heteroatoms. The summed E-state index contributed by atoms with van der Waals surface area (Å²) >= 11 is 4.94. The fraction of sp³-hybridized carbons (Fsp3) is 0.615. The van der Waals surface area contributed by atoms with Crippen molar-refractivity contribution in [1.82, 2.24) is 9.97 Å². The van der Waals surface area contributed by atoms with Gasteiger partial charge in [-0.25, -0.2) is 9.97 Å². The summed E-state index contributed by atoms with van der Waals surface area (Å²) in [6, 6.07) is 0. The zero-order valence-corrected chi connectivity index (χ0v) is 12.6. The van der Waals surface area contributed by atoms with Crippen molar-refractivity contribution in [3.05, 3.63) is 17.2 Å². The zero-order chi connectivity index (χ0) is 14.3. The summed E-state index contributed by atoms with van der Waals surface area (Å²) in [4.78, 5) is 8.72. The molecule has 18 heavy (non-hydrogen) atoms. The highest BCUT2D eigenvalue weighted by molar-refractivity contribution is 7.80. The minimum Gasteiger partial charge on any atom is -0.504 e. The minimum absolute atomic E-state index is 0.134. The van der Waals surface area contributed by atoms with Crippen molar-refractivity contribution in [2.45, 2.75) is 52.4 Å². The van der Waals surface area contributed by atoms with E-state index in [1.54, 1.807) is 0 Å². The van der Waals surface area contributed by atoms with E-state index >= 15 is 0 Å². The molecule has 0 aliphatic rings. The van der Waals surface area contributed by atoms with Crippen LogP contribution in [-0.2, 0) is 10.8 Å². The van der Waals surface area contributed by atoms with Gasteiger partial charge in [-0.15, -0.1) is 0 Å². The molecule has 1 rings (SSSR count). The number of hydrogen-bond donors (Lipinski definition) is 2. The van der Waals surface area contributed by atoms with Gasteiger partial charge in [0, 0.05) is 10.8 Å². The average Bonchev–Trinajstić information content (AvgIpc) is 2.13. The maximum atomic E-state index is 10.4. The molecule has 4 nitrogen and oxygen atoms in total. The molecule has 3 N–H and O–H groups in total. The third-order valence-electron chi connectivity index (χ3n) is 2.53. The van der Waals surface area contributed by atoms with Gasteiger partial charge in [-0.05, 0) is 0 Å². The first-order valence-electron chi connectivity index (χ1n) is 5.86. The van der Waals surface area contributed by atoms with E-state index in [1.807, 2.05) is 41.5 Å². The highest BCUT2D eigenvalue weighted by Gasteiger charge is 2.29. The van der Waals surface area contributed by atoms with Crippen molar-refractivity contribution in [3.63, 3.8) is 0 Å². The lowest BCUT2D eigenvalue weighted by atomic mass is 9.85. The minimum atomic E-state index is -0.299. The molecule has 0 saturated heterocycles. The predicted octanol–water partition coefficient (Wildman–Crippen LogP) is 2.41. The summed E-state index contributed by atoms with van der Waals surface area (Å²) in [6.07, 6.45) is 0. The van der Waals surface area contributed by atoms with Crippen molar-refractivity contribution >= 4 is 17.2 Å². The van der Waals surface area contributed by atoms with Gasteiger partial charge in [-0.3, -0.25) is 0 Å². The highest BCUT2D eigenvalue weighted by atomic mass is 32.1. The maximum Gasteiger partial charge on any atom is 0.187 e. The van der Waals surface area contributed by atoms with E-state index in [1.165, 1.54) is 0 Å². The Morgan fingerprint density at radius 1 is 1.00 bits per heavy atom. The number of thiocarbonyl (C=S) groups is 1. The average molecular weight is 267 g/mol. The van der Waals surface area contributed by atoms with Gasteiger partial charge in [0.25, 0.3) is 0 Å². The summed E-state index contributed by atoms with van der Waals surface area (Å²) in [5.74, 6) is 0.452. The molecule has 100 valence electrons. The maximum absolute atomic E-state index is 10.4. The van der Waals surface area contributed by atoms with E-state index < -0.39 is 0 Å². The van der Waals surface area contributed by atoms with Crippen LogP contribution in [0.15, 0.2) is 0 Å². The standard InChI is InChI=1S/C13H21N3OS/c1-12(2,3)8-7(17)9(13(4,5)6)16-11(15-8)10(14)18/h17H,1-6H3,(H2,14,18). The zero-order valence-electron chi connectivity index (χ0n) is 11.8. The Kier molecular flexibility index (Phi) is 3.68. The Labute approximate surface area is 114 Å². The summed E-state index contributed by atoms with van der Waals surface area (Å²) in [5.41, 5.74) is 6.16. The molecule has 0 aliphatic carbocycles. The lowest BCUT2D eigenvalue weighted by Gasteiger charge is -2.25. The monoisotopic (exact) mass is 267 g/mol. The van der Waals surface area contributed by atoms with Gasteiger partial charge in [0.1, 0.15) is 4.99 Å². The normalized spacial score (nSPS) is 12.6. The molecule has 0 saturated carbocycles. The van der Waals surface area contributed by atoms with Crippen LogP contribution < -0.4 is 5.73 Å². The second-order valence-electron chi connectivity index (χ2n) is 6.46. The quantitative estimate of drug-likeness (QED) is 0.765. The predicted molar refractivity (Wildman–Crippen MR) is 77.0 cm³/mol. The van der Waals surface area contributed by atoms with Crippen LogP contribution in [0.1, 0.15) is 58.8 Å². The number of hydrogen-bond acceptors (Lipinski definition) is 4. The van der Waals surface area contributed by atoms with Crippen LogP contribution in [0.25, 0.3) is 0 Å². The van der Waals surface area contributed by atoms with Crippen molar-refractivity contribution in [2.75, 3.05) is 0 Å². The molecule has 1 aromatic heterocycles. The number of aromatic nitrogens is 2. The van der Waals surface area contributed by atoms with Gasteiger partial charge in [-0.1, -0.05) is 53.8 Å². The topological polar surface area (TPSA) is 72.0 Å². The third kappa shape index (κ3) is 2.96. The van der Waals surface area contributed by atoms with Crippen molar-refractivity contribution < 1.29 is 5.11 Å². The van der Waals surface area contributed by atoms with Gasteiger partial charge in [0.2, 0.25) is 0 Å². The molecule has 0 aromatic carbocycles. The first-order valence-corrected chi connectivity index (χ1v) is 6.27. The van der Waals surface area contributed by atoms with E-state index in [2.05, 4.69) is 9.97 Å². The van der Waals surface area contributed by atoms with Crippen molar-refractivity contribution in [1.29, 1.82) is 0 Å². The van der Waals surface area contributed by atoms with Crippen LogP contribution in [0.5, 0.6) is 5.75 Å². The van der Waals surface area contributed by atoms with Crippen LogP contribution in [0.3, 0.4) is 0 Å². The molecule has 0 unspecified atom stereocenters. The van der Waals surface area contributed by atoms with Gasteiger partial charge in [0.05, 0.1) is 11.4 Å². The number of rotatable bonds is 1. The Morgan fingerprint density at radius 3 is 1.56 bits per heavy atom. The van der Waals surface area contributed by atoms with Gasteiger partial charge < -0.3 is 10.8 Å². The molecule has 0 atom stereocenters. The van der Waals surface area contributed by atoms with E-state index in [4.69, 9.17) is 18.0 Å². The van der Waals surface area contributed by atoms with Gasteiger partial charge in [-0.2, -0.15) is 0 Å².